The van der Waals surface area contributed by atoms with Crippen LogP contribution in [0.25, 0.3) is 5.65 Å². The fourth-order valence-electron chi connectivity index (χ4n) is 2.29. The van der Waals surface area contributed by atoms with Crippen LogP contribution < -0.4 is 5.32 Å². The van der Waals surface area contributed by atoms with E-state index in [0.717, 1.165) is 27.9 Å². The zero-order chi connectivity index (χ0) is 14.8. The third kappa shape index (κ3) is 3.31. The number of hydrogen-bond acceptors (Lipinski definition) is 3. The van der Waals surface area contributed by atoms with Crippen LogP contribution in [0.15, 0.2) is 47.2 Å². The molecule has 1 atom stereocenters. The lowest BCUT2D eigenvalue weighted by Crippen LogP contribution is -2.18. The van der Waals surface area contributed by atoms with E-state index in [1.54, 1.807) is 0 Å². The summed E-state index contributed by atoms with van der Waals surface area (Å²) in [6.07, 6.45) is 3.92. The normalized spacial score (nSPS) is 12.7. The third-order valence-electron chi connectivity index (χ3n) is 3.45. The smallest absolute Gasteiger partial charge is 0.155 e. The van der Waals surface area contributed by atoms with E-state index in [2.05, 4.69) is 56.5 Å². The largest absolute Gasteiger partial charge is 0.306 e. The van der Waals surface area contributed by atoms with Gasteiger partial charge in [0.25, 0.3) is 0 Å². The highest BCUT2D eigenvalue weighted by atomic mass is 79.9. The second kappa shape index (κ2) is 5.95. The van der Waals surface area contributed by atoms with E-state index in [1.165, 1.54) is 5.56 Å². The monoisotopic (exact) mass is 344 g/mol. The van der Waals surface area contributed by atoms with E-state index in [4.69, 9.17) is 0 Å². The maximum absolute atomic E-state index is 4.42. The molecule has 2 heterocycles. The first-order chi connectivity index (χ1) is 10.1. The molecule has 3 aromatic rings. The van der Waals surface area contributed by atoms with Crippen molar-refractivity contribution in [3.8, 4) is 0 Å². The molecule has 5 heteroatoms. The Labute approximate surface area is 132 Å². The van der Waals surface area contributed by atoms with Gasteiger partial charge < -0.3 is 5.32 Å². The molecule has 2 aromatic heterocycles. The second-order valence-electron chi connectivity index (χ2n) is 5.21. The highest BCUT2D eigenvalue weighted by molar-refractivity contribution is 9.10. The van der Waals surface area contributed by atoms with Crippen LogP contribution in [0, 0.1) is 6.92 Å². The predicted molar refractivity (Wildman–Crippen MR) is 87.1 cm³/mol. The fraction of sp³-hybridized carbons (Fsp3) is 0.250. The number of fused-ring (bicyclic) bond motifs is 1. The number of halogens is 1. The first kappa shape index (κ1) is 14.2. The molecule has 0 aliphatic carbocycles. The van der Waals surface area contributed by atoms with E-state index in [0.29, 0.717) is 0 Å². The summed E-state index contributed by atoms with van der Waals surface area (Å²) in [7, 11) is 0. The van der Waals surface area contributed by atoms with Gasteiger partial charge in [0.05, 0.1) is 5.69 Å². The van der Waals surface area contributed by atoms with Gasteiger partial charge in [-0.25, -0.2) is 9.50 Å². The predicted octanol–water partition coefficient (Wildman–Crippen LogP) is 3.65. The zero-order valence-corrected chi connectivity index (χ0v) is 13.6. The Morgan fingerprint density at radius 1 is 1.33 bits per heavy atom. The number of hydrogen-bond donors (Lipinski definition) is 1. The van der Waals surface area contributed by atoms with Gasteiger partial charge in [-0.1, -0.05) is 28.1 Å². The van der Waals surface area contributed by atoms with Crippen LogP contribution >= 0.6 is 15.9 Å². The summed E-state index contributed by atoms with van der Waals surface area (Å²) in [5.74, 6) is 0. The molecule has 108 valence electrons. The molecule has 1 N–H and O–H groups in total. The molecule has 1 unspecified atom stereocenters. The molecule has 0 radical (unpaired) electrons. The number of aryl methyl sites for hydroxylation is 1. The van der Waals surface area contributed by atoms with Gasteiger partial charge in [0, 0.05) is 41.1 Å². The first-order valence-electron chi connectivity index (χ1n) is 6.91. The van der Waals surface area contributed by atoms with Crippen molar-refractivity contribution in [2.24, 2.45) is 0 Å². The van der Waals surface area contributed by atoms with E-state index < -0.39 is 0 Å². The lowest BCUT2D eigenvalue weighted by atomic mass is 10.1. The molecule has 3 rings (SSSR count). The lowest BCUT2D eigenvalue weighted by Gasteiger charge is -2.14. The van der Waals surface area contributed by atoms with Gasteiger partial charge in [0.15, 0.2) is 5.65 Å². The summed E-state index contributed by atoms with van der Waals surface area (Å²) >= 11 is 3.51. The van der Waals surface area contributed by atoms with E-state index in [-0.39, 0.29) is 6.04 Å². The molecule has 0 aliphatic rings. The molecule has 1 aromatic carbocycles. The van der Waals surface area contributed by atoms with Gasteiger partial charge in [-0.2, -0.15) is 5.10 Å². The average Bonchev–Trinajstić information content (AvgIpc) is 2.84. The number of rotatable bonds is 4. The highest BCUT2D eigenvalue weighted by Gasteiger charge is 2.06. The number of nitrogens with zero attached hydrogens (tertiary/aromatic N) is 3. The van der Waals surface area contributed by atoms with E-state index in [1.807, 2.05) is 36.0 Å². The van der Waals surface area contributed by atoms with Crippen LogP contribution in [0.1, 0.15) is 29.8 Å². The summed E-state index contributed by atoms with van der Waals surface area (Å²) < 4.78 is 2.93. The van der Waals surface area contributed by atoms with E-state index >= 15 is 0 Å². The molecule has 0 saturated carbocycles. The molecule has 0 aliphatic heterocycles. The Balaban J connectivity index is 1.70. The number of nitrogens with one attached hydrogen (secondary N) is 1. The van der Waals surface area contributed by atoms with Crippen LogP contribution in [-0.4, -0.2) is 14.6 Å². The Morgan fingerprint density at radius 2 is 2.19 bits per heavy atom. The van der Waals surface area contributed by atoms with Crippen LogP contribution in [0.2, 0.25) is 0 Å². The van der Waals surface area contributed by atoms with Crippen LogP contribution in [-0.2, 0) is 6.54 Å². The fourth-order valence-corrected chi connectivity index (χ4v) is 2.71. The number of aromatic nitrogens is 3. The summed E-state index contributed by atoms with van der Waals surface area (Å²) in [6.45, 7) is 4.89. The van der Waals surface area contributed by atoms with Crippen LogP contribution in [0.3, 0.4) is 0 Å². The van der Waals surface area contributed by atoms with Crippen molar-refractivity contribution in [1.29, 1.82) is 0 Å². The van der Waals surface area contributed by atoms with Crippen LogP contribution in [0.4, 0.5) is 0 Å². The quantitative estimate of drug-likeness (QED) is 0.785. The van der Waals surface area contributed by atoms with Crippen LogP contribution in [0.5, 0.6) is 0 Å². The maximum Gasteiger partial charge on any atom is 0.155 e. The summed E-state index contributed by atoms with van der Waals surface area (Å²) in [6, 6.07) is 10.6. The van der Waals surface area contributed by atoms with Gasteiger partial charge >= 0.3 is 0 Å². The minimum absolute atomic E-state index is 0.276. The molecule has 0 amide bonds. The molecule has 0 spiro atoms. The molecule has 0 fully saturated rings. The Kier molecular flexibility index (Phi) is 4.03. The van der Waals surface area contributed by atoms with Crippen molar-refractivity contribution in [2.45, 2.75) is 26.4 Å². The molecular weight excluding hydrogens is 328 g/mol. The molecular formula is C16H17BrN4. The Hall–Kier alpha value is -1.72. The molecule has 0 saturated heterocycles. The average molecular weight is 345 g/mol. The van der Waals surface area contributed by atoms with Gasteiger partial charge in [-0.05, 0) is 31.5 Å². The SMILES string of the molecule is Cc1cc2ncc(CNC(C)c3cccc(Br)c3)cn2n1. The topological polar surface area (TPSA) is 42.2 Å². The Morgan fingerprint density at radius 3 is 3.00 bits per heavy atom. The number of benzene rings is 1. The van der Waals surface area contributed by atoms with Crippen molar-refractivity contribution in [3.05, 3.63) is 64.0 Å². The Bertz CT molecular complexity index is 766. The van der Waals surface area contributed by atoms with Crippen molar-refractivity contribution in [1.82, 2.24) is 19.9 Å². The van der Waals surface area contributed by atoms with Gasteiger partial charge in [0.2, 0.25) is 0 Å². The minimum Gasteiger partial charge on any atom is -0.306 e. The van der Waals surface area contributed by atoms with Gasteiger partial charge in [-0.3, -0.25) is 0 Å². The van der Waals surface area contributed by atoms with E-state index in [9.17, 15) is 0 Å². The minimum atomic E-state index is 0.276. The maximum atomic E-state index is 4.42. The van der Waals surface area contributed by atoms with Crippen molar-refractivity contribution in [2.75, 3.05) is 0 Å². The van der Waals surface area contributed by atoms with Gasteiger partial charge in [0.1, 0.15) is 0 Å². The summed E-state index contributed by atoms with van der Waals surface area (Å²) in [5.41, 5.74) is 4.24. The molecule has 21 heavy (non-hydrogen) atoms. The van der Waals surface area contributed by atoms with Crippen molar-refractivity contribution in [3.63, 3.8) is 0 Å². The second-order valence-corrected chi connectivity index (χ2v) is 6.12. The summed E-state index contributed by atoms with van der Waals surface area (Å²) in [5, 5.41) is 7.90. The zero-order valence-electron chi connectivity index (χ0n) is 12.0. The van der Waals surface area contributed by atoms with Gasteiger partial charge in [-0.15, -0.1) is 0 Å². The third-order valence-corrected chi connectivity index (χ3v) is 3.94. The standard InChI is InChI=1S/C16H17BrN4/c1-11-6-16-19-9-13(10-21(16)20-11)8-18-12(2)14-4-3-5-15(17)7-14/h3-7,9-10,12,18H,8H2,1-2H3. The van der Waals surface area contributed by atoms with Crippen molar-refractivity contribution < 1.29 is 0 Å². The lowest BCUT2D eigenvalue weighted by molar-refractivity contribution is 0.571. The first-order valence-corrected chi connectivity index (χ1v) is 7.71. The molecule has 0 bridgehead atoms. The van der Waals surface area contributed by atoms with Crippen molar-refractivity contribution >= 4 is 21.6 Å². The highest BCUT2D eigenvalue weighted by Crippen LogP contribution is 2.18. The summed E-state index contributed by atoms with van der Waals surface area (Å²) in [4.78, 5) is 4.42. The molecule has 4 nitrogen and oxygen atoms in total.